The van der Waals surface area contributed by atoms with Gasteiger partial charge in [-0.1, -0.05) is 106 Å². The first kappa shape index (κ1) is 24.9. The maximum Gasteiger partial charge on any atom is 0.221 e. The zero-order valence-corrected chi connectivity index (χ0v) is 23.5. The van der Waals surface area contributed by atoms with Gasteiger partial charge in [-0.3, -0.25) is 0 Å². The number of rotatable bonds is 5. The number of hydrogen-bond donors (Lipinski definition) is 0. The molecule has 0 N–H and O–H groups in total. The standard InChI is InChI=1S/C33H34N2OSi/c1-33(2,3)28-20-25(19-24-15-10-11-16-27(24)28)30-21-26(37(4,5)6)22-32(35-30)36-31-18-12-17-29(34-31)23-13-8-7-9-14-23/h7-22H,1-6H3. The molecule has 0 atom stereocenters. The lowest BCUT2D eigenvalue weighted by atomic mass is 9.82. The van der Waals surface area contributed by atoms with Gasteiger partial charge in [-0.15, -0.1) is 0 Å². The van der Waals surface area contributed by atoms with Crippen molar-refractivity contribution in [3.63, 3.8) is 0 Å². The molecule has 0 aliphatic rings. The summed E-state index contributed by atoms with van der Waals surface area (Å²) in [6, 6.07) is 33.6. The van der Waals surface area contributed by atoms with Gasteiger partial charge in [0.25, 0.3) is 0 Å². The second-order valence-corrected chi connectivity index (χ2v) is 16.7. The highest BCUT2D eigenvalue weighted by Gasteiger charge is 2.22. The fourth-order valence-electron chi connectivity index (χ4n) is 4.57. The van der Waals surface area contributed by atoms with Gasteiger partial charge in [0.1, 0.15) is 0 Å². The summed E-state index contributed by atoms with van der Waals surface area (Å²) in [5, 5.41) is 3.82. The van der Waals surface area contributed by atoms with E-state index < -0.39 is 8.07 Å². The Morgan fingerprint density at radius 3 is 2.05 bits per heavy atom. The van der Waals surface area contributed by atoms with Crippen LogP contribution in [0.4, 0.5) is 0 Å². The maximum atomic E-state index is 6.32. The Hall–Kier alpha value is -3.76. The summed E-state index contributed by atoms with van der Waals surface area (Å²) in [5.74, 6) is 1.12. The van der Waals surface area contributed by atoms with Crippen molar-refractivity contribution in [2.75, 3.05) is 0 Å². The largest absolute Gasteiger partial charge is 0.421 e. The molecule has 5 aromatic rings. The third-order valence-corrected chi connectivity index (χ3v) is 8.66. The second kappa shape index (κ2) is 9.60. The number of nitrogens with zero attached hydrogens (tertiary/aromatic N) is 2. The molecule has 0 saturated carbocycles. The van der Waals surface area contributed by atoms with Crippen LogP contribution in [0.25, 0.3) is 33.3 Å². The van der Waals surface area contributed by atoms with Crippen LogP contribution in [0.1, 0.15) is 26.3 Å². The van der Waals surface area contributed by atoms with Crippen molar-refractivity contribution in [3.05, 3.63) is 103 Å². The molecule has 0 aliphatic heterocycles. The van der Waals surface area contributed by atoms with E-state index in [4.69, 9.17) is 14.7 Å². The molecule has 186 valence electrons. The molecule has 2 aromatic heterocycles. The van der Waals surface area contributed by atoms with E-state index in [0.29, 0.717) is 11.8 Å². The Morgan fingerprint density at radius 1 is 0.622 bits per heavy atom. The van der Waals surface area contributed by atoms with Crippen molar-refractivity contribution in [2.24, 2.45) is 0 Å². The van der Waals surface area contributed by atoms with Gasteiger partial charge >= 0.3 is 0 Å². The Kier molecular flexibility index (Phi) is 6.46. The SMILES string of the molecule is CC(C)(C)c1cc(-c2cc([Si](C)(C)C)cc(Oc3cccc(-c4ccccc4)n3)n2)cc2ccccc12. The Bertz CT molecular complexity index is 1560. The van der Waals surface area contributed by atoms with Crippen LogP contribution < -0.4 is 9.92 Å². The van der Waals surface area contributed by atoms with Gasteiger partial charge in [0.05, 0.1) is 19.5 Å². The van der Waals surface area contributed by atoms with Gasteiger partial charge in [-0.2, -0.15) is 0 Å². The van der Waals surface area contributed by atoms with Gasteiger partial charge in [0.2, 0.25) is 11.8 Å². The van der Waals surface area contributed by atoms with Crippen LogP contribution in [0.3, 0.4) is 0 Å². The predicted molar refractivity (Wildman–Crippen MR) is 159 cm³/mol. The number of benzene rings is 3. The van der Waals surface area contributed by atoms with Crippen molar-refractivity contribution in [2.45, 2.75) is 45.8 Å². The van der Waals surface area contributed by atoms with Crippen molar-refractivity contribution in [1.82, 2.24) is 9.97 Å². The molecule has 4 heteroatoms. The Morgan fingerprint density at radius 2 is 1.32 bits per heavy atom. The third-order valence-electron chi connectivity index (χ3n) is 6.64. The van der Waals surface area contributed by atoms with Crippen LogP contribution in [-0.4, -0.2) is 18.0 Å². The summed E-state index contributed by atoms with van der Waals surface area (Å²) in [7, 11) is -1.65. The Labute approximate surface area is 221 Å². The van der Waals surface area contributed by atoms with E-state index in [2.05, 4.69) is 101 Å². The van der Waals surface area contributed by atoms with Crippen molar-refractivity contribution < 1.29 is 4.74 Å². The van der Waals surface area contributed by atoms with Crippen molar-refractivity contribution in [3.8, 4) is 34.3 Å². The predicted octanol–water partition coefficient (Wildman–Crippen LogP) is 8.60. The average Bonchev–Trinajstić information content (AvgIpc) is 2.87. The Balaban J connectivity index is 1.61. The second-order valence-electron chi connectivity index (χ2n) is 11.7. The molecule has 0 aliphatic carbocycles. The van der Waals surface area contributed by atoms with Crippen LogP contribution in [-0.2, 0) is 5.41 Å². The van der Waals surface area contributed by atoms with Gasteiger partial charge < -0.3 is 4.74 Å². The number of pyridine rings is 2. The summed E-state index contributed by atoms with van der Waals surface area (Å²) < 4.78 is 6.32. The van der Waals surface area contributed by atoms with Crippen molar-refractivity contribution >= 4 is 24.0 Å². The van der Waals surface area contributed by atoms with Gasteiger partial charge in [-0.05, 0) is 46.0 Å². The number of aromatic nitrogens is 2. The quantitative estimate of drug-likeness (QED) is 0.226. The normalized spacial score (nSPS) is 12.1. The molecule has 2 heterocycles. The molecule has 0 amide bonds. The van der Waals surface area contributed by atoms with Crippen molar-refractivity contribution in [1.29, 1.82) is 0 Å². The first-order chi connectivity index (χ1) is 17.6. The first-order valence-electron chi connectivity index (χ1n) is 12.8. The smallest absolute Gasteiger partial charge is 0.221 e. The van der Waals surface area contributed by atoms with E-state index in [1.54, 1.807) is 0 Å². The minimum absolute atomic E-state index is 0.00707. The summed E-state index contributed by atoms with van der Waals surface area (Å²) in [6.45, 7) is 13.9. The molecule has 37 heavy (non-hydrogen) atoms. The molecule has 3 aromatic carbocycles. The fourth-order valence-corrected chi connectivity index (χ4v) is 5.69. The van der Waals surface area contributed by atoms with Crippen LogP contribution in [0.15, 0.2) is 97.1 Å². The lowest BCUT2D eigenvalue weighted by Gasteiger charge is -2.23. The van der Waals surface area contributed by atoms with Gasteiger partial charge in [0, 0.05) is 23.3 Å². The minimum Gasteiger partial charge on any atom is -0.421 e. The molecular formula is C33H34N2OSi. The van der Waals surface area contributed by atoms with E-state index in [-0.39, 0.29) is 5.41 Å². The lowest BCUT2D eigenvalue weighted by molar-refractivity contribution is 0.446. The van der Waals surface area contributed by atoms with E-state index in [1.807, 2.05) is 36.4 Å². The minimum atomic E-state index is -1.65. The number of hydrogen-bond acceptors (Lipinski definition) is 3. The van der Waals surface area contributed by atoms with Gasteiger partial charge in [0.15, 0.2) is 0 Å². The highest BCUT2D eigenvalue weighted by atomic mass is 28.3. The molecule has 0 unspecified atom stereocenters. The number of ether oxygens (including phenoxy) is 1. The van der Waals surface area contributed by atoms with E-state index in [9.17, 15) is 0 Å². The molecule has 3 nitrogen and oxygen atoms in total. The highest BCUT2D eigenvalue weighted by molar-refractivity contribution is 6.88. The molecule has 0 spiro atoms. The molecule has 0 bridgehead atoms. The van der Waals surface area contributed by atoms with Crippen LogP contribution in [0.5, 0.6) is 11.8 Å². The average molecular weight is 503 g/mol. The lowest BCUT2D eigenvalue weighted by Crippen LogP contribution is -2.37. The molecule has 0 fully saturated rings. The zero-order valence-electron chi connectivity index (χ0n) is 22.5. The summed E-state index contributed by atoms with van der Waals surface area (Å²) >= 11 is 0. The maximum absolute atomic E-state index is 6.32. The molecule has 0 saturated heterocycles. The van der Waals surface area contributed by atoms with E-state index in [0.717, 1.165) is 22.5 Å². The molecule has 0 radical (unpaired) electrons. The topological polar surface area (TPSA) is 35.0 Å². The third kappa shape index (κ3) is 5.49. The summed E-state index contributed by atoms with van der Waals surface area (Å²) in [6.07, 6.45) is 0. The first-order valence-corrected chi connectivity index (χ1v) is 16.3. The zero-order chi connectivity index (χ0) is 26.2. The molecular weight excluding hydrogens is 468 g/mol. The highest BCUT2D eigenvalue weighted by Crippen LogP contribution is 2.35. The van der Waals surface area contributed by atoms with Crippen LogP contribution in [0, 0.1) is 0 Å². The fraction of sp³-hybridized carbons (Fsp3) is 0.212. The molecule has 5 rings (SSSR count). The van der Waals surface area contributed by atoms with Crippen LogP contribution >= 0.6 is 0 Å². The summed E-state index contributed by atoms with van der Waals surface area (Å²) in [4.78, 5) is 9.77. The monoisotopic (exact) mass is 502 g/mol. The van der Waals surface area contributed by atoms with Crippen LogP contribution in [0.2, 0.25) is 19.6 Å². The van der Waals surface area contributed by atoms with E-state index >= 15 is 0 Å². The summed E-state index contributed by atoms with van der Waals surface area (Å²) in [5.41, 5.74) is 5.31. The number of fused-ring (bicyclic) bond motifs is 1. The van der Waals surface area contributed by atoms with Gasteiger partial charge in [-0.25, -0.2) is 9.97 Å². The van der Waals surface area contributed by atoms with E-state index in [1.165, 1.54) is 21.5 Å².